The lowest BCUT2D eigenvalue weighted by atomic mass is 10.0. The van der Waals surface area contributed by atoms with E-state index in [1.54, 1.807) is 12.1 Å². The molecule has 1 fully saturated rings. The van der Waals surface area contributed by atoms with E-state index in [0.29, 0.717) is 35.2 Å². The van der Waals surface area contributed by atoms with Crippen LogP contribution in [0.25, 0.3) is 16.6 Å². The maximum absolute atomic E-state index is 12.9. The topological polar surface area (TPSA) is 95.1 Å². The summed E-state index contributed by atoms with van der Waals surface area (Å²) in [5.74, 6) is 0.377. The van der Waals surface area contributed by atoms with E-state index in [-0.39, 0.29) is 5.75 Å². The highest BCUT2D eigenvalue weighted by Crippen LogP contribution is 2.41. The molecular weight excluding hydrogens is 398 g/mol. The molecule has 146 valence electrons. The summed E-state index contributed by atoms with van der Waals surface area (Å²) in [4.78, 5) is 17.2. The molecule has 2 N–H and O–H groups in total. The first kappa shape index (κ1) is 19.1. The highest BCUT2D eigenvalue weighted by Gasteiger charge is 2.24. The molecule has 0 amide bonds. The molecule has 4 rings (SSSR count). The van der Waals surface area contributed by atoms with Gasteiger partial charge in [-0.3, -0.25) is 4.57 Å². The maximum Gasteiger partial charge on any atom is 0.352 e. The van der Waals surface area contributed by atoms with Crippen molar-refractivity contribution in [2.75, 3.05) is 5.75 Å². The fourth-order valence-corrected chi connectivity index (χ4v) is 4.24. The van der Waals surface area contributed by atoms with Gasteiger partial charge in [-0.15, -0.1) is 0 Å². The minimum Gasteiger partial charge on any atom is -0.259 e. The Bertz CT molecular complexity index is 1220. The van der Waals surface area contributed by atoms with Crippen LogP contribution in [0, 0.1) is 0 Å². The van der Waals surface area contributed by atoms with Crippen LogP contribution in [-0.4, -0.2) is 23.7 Å². The molecule has 1 heterocycles. The lowest BCUT2D eigenvalue weighted by Crippen LogP contribution is -2.24. The minimum absolute atomic E-state index is 0.149. The number of benzene rings is 2. The maximum atomic E-state index is 12.9. The van der Waals surface area contributed by atoms with Gasteiger partial charge in [0, 0.05) is 5.39 Å². The van der Waals surface area contributed by atoms with E-state index in [1.807, 2.05) is 24.3 Å². The Morgan fingerprint density at radius 3 is 2.61 bits per heavy atom. The van der Waals surface area contributed by atoms with E-state index >= 15 is 0 Å². The van der Waals surface area contributed by atoms with Gasteiger partial charge in [0.2, 0.25) is 10.0 Å². The largest absolute Gasteiger partial charge is 0.352 e. The van der Waals surface area contributed by atoms with E-state index in [4.69, 9.17) is 16.7 Å². The van der Waals surface area contributed by atoms with Crippen LogP contribution in [0.5, 0.6) is 0 Å². The summed E-state index contributed by atoms with van der Waals surface area (Å²) in [6.07, 6.45) is 2.96. The Kier molecular flexibility index (Phi) is 4.99. The molecule has 0 saturated heterocycles. The Balaban J connectivity index is 1.88. The molecule has 1 saturated carbocycles. The summed E-state index contributed by atoms with van der Waals surface area (Å²) in [5, 5.41) is 6.37. The number of primary sulfonamides is 1. The van der Waals surface area contributed by atoms with Crippen molar-refractivity contribution in [3.05, 3.63) is 69.2 Å². The highest BCUT2D eigenvalue weighted by atomic mass is 35.5. The van der Waals surface area contributed by atoms with Gasteiger partial charge in [-0.05, 0) is 55.4 Å². The molecule has 0 unspecified atom stereocenters. The smallest absolute Gasteiger partial charge is 0.259 e. The molecule has 3 aromatic rings. The number of para-hydroxylation sites is 1. The lowest BCUT2D eigenvalue weighted by molar-refractivity contribution is 0.594. The Morgan fingerprint density at radius 2 is 1.93 bits per heavy atom. The molecule has 28 heavy (non-hydrogen) atoms. The average molecular weight is 418 g/mol. The third kappa shape index (κ3) is 3.97. The normalized spacial score (nSPS) is 14.5. The van der Waals surface area contributed by atoms with Gasteiger partial charge in [0.1, 0.15) is 0 Å². The summed E-state index contributed by atoms with van der Waals surface area (Å²) < 4.78 is 24.0. The van der Waals surface area contributed by atoms with Crippen molar-refractivity contribution in [2.45, 2.75) is 31.6 Å². The van der Waals surface area contributed by atoms with Gasteiger partial charge in [0.05, 0.1) is 27.7 Å². The first-order valence-electron chi connectivity index (χ1n) is 9.14. The Morgan fingerprint density at radius 1 is 1.18 bits per heavy atom. The second kappa shape index (κ2) is 7.31. The Hall–Kier alpha value is -2.22. The van der Waals surface area contributed by atoms with Crippen molar-refractivity contribution >= 4 is 32.5 Å². The van der Waals surface area contributed by atoms with Crippen molar-refractivity contribution in [1.29, 1.82) is 0 Å². The summed E-state index contributed by atoms with van der Waals surface area (Å²) >= 11 is 6.35. The number of nitrogens with two attached hydrogens (primary N) is 1. The van der Waals surface area contributed by atoms with Crippen molar-refractivity contribution in [3.63, 3.8) is 0 Å². The molecule has 1 aliphatic rings. The van der Waals surface area contributed by atoms with Crippen LogP contribution in [0.1, 0.15) is 36.4 Å². The Labute approximate surface area is 168 Å². The molecule has 2 aromatic carbocycles. The van der Waals surface area contributed by atoms with Crippen LogP contribution >= 0.6 is 11.6 Å². The first-order chi connectivity index (χ1) is 13.3. The summed E-state index contributed by atoms with van der Waals surface area (Å²) in [5.41, 5.74) is 2.65. The quantitative estimate of drug-likeness (QED) is 0.666. The standard InChI is InChI=1S/C20H20ClN3O3S/c21-16-4-1-2-6-18(16)24-19-12-14(13-7-8-13)9-10-15(19)17(23-20(24)25)5-3-11-28(22,26)27/h1-2,4,6,9-10,12-13H,3,5,7-8,11H2,(H2,22,26,27). The van der Waals surface area contributed by atoms with Crippen molar-refractivity contribution in [1.82, 2.24) is 9.55 Å². The molecule has 0 atom stereocenters. The predicted octanol–water partition coefficient (Wildman–Crippen LogP) is 3.14. The number of hydrogen-bond acceptors (Lipinski definition) is 4. The number of rotatable bonds is 6. The molecule has 1 aromatic heterocycles. The van der Waals surface area contributed by atoms with Crippen LogP contribution in [0.15, 0.2) is 47.3 Å². The van der Waals surface area contributed by atoms with Gasteiger partial charge >= 0.3 is 5.69 Å². The summed E-state index contributed by atoms with van der Waals surface area (Å²) in [6, 6.07) is 13.2. The highest BCUT2D eigenvalue weighted by molar-refractivity contribution is 7.89. The van der Waals surface area contributed by atoms with Gasteiger partial charge in [-0.25, -0.2) is 18.4 Å². The van der Waals surface area contributed by atoms with Crippen molar-refractivity contribution in [3.8, 4) is 5.69 Å². The number of nitrogens with zero attached hydrogens (tertiary/aromatic N) is 2. The van der Waals surface area contributed by atoms with Gasteiger partial charge in [0.15, 0.2) is 0 Å². The number of aryl methyl sites for hydroxylation is 1. The second-order valence-electron chi connectivity index (χ2n) is 7.15. The van der Waals surface area contributed by atoms with Gasteiger partial charge < -0.3 is 0 Å². The van der Waals surface area contributed by atoms with Gasteiger partial charge in [-0.2, -0.15) is 4.98 Å². The number of halogens is 1. The van der Waals surface area contributed by atoms with E-state index < -0.39 is 15.7 Å². The molecular formula is C20H20ClN3O3S. The number of aromatic nitrogens is 2. The van der Waals surface area contributed by atoms with Crippen molar-refractivity contribution in [2.24, 2.45) is 5.14 Å². The summed E-state index contributed by atoms with van der Waals surface area (Å²) in [7, 11) is -3.55. The van der Waals surface area contributed by atoms with Crippen molar-refractivity contribution < 1.29 is 8.42 Å². The van der Waals surface area contributed by atoms with Gasteiger partial charge in [-0.1, -0.05) is 35.9 Å². The minimum atomic E-state index is -3.55. The molecule has 8 heteroatoms. The van der Waals surface area contributed by atoms with Crippen LogP contribution in [-0.2, 0) is 16.4 Å². The third-order valence-corrected chi connectivity index (χ3v) is 6.16. The fourth-order valence-electron chi connectivity index (χ4n) is 3.47. The molecule has 1 aliphatic carbocycles. The molecule has 0 bridgehead atoms. The lowest BCUT2D eigenvalue weighted by Gasteiger charge is -2.15. The van der Waals surface area contributed by atoms with Crippen LogP contribution in [0.2, 0.25) is 5.02 Å². The van der Waals surface area contributed by atoms with Crippen LogP contribution < -0.4 is 10.8 Å². The zero-order chi connectivity index (χ0) is 19.9. The number of fused-ring (bicyclic) bond motifs is 1. The predicted molar refractivity (Wildman–Crippen MR) is 111 cm³/mol. The summed E-state index contributed by atoms with van der Waals surface area (Å²) in [6.45, 7) is 0. The first-order valence-corrected chi connectivity index (χ1v) is 11.2. The van der Waals surface area contributed by atoms with E-state index in [0.717, 1.165) is 23.7 Å². The van der Waals surface area contributed by atoms with Crippen LogP contribution in [0.3, 0.4) is 0 Å². The molecule has 6 nitrogen and oxygen atoms in total. The van der Waals surface area contributed by atoms with Crippen LogP contribution in [0.4, 0.5) is 0 Å². The second-order valence-corrected chi connectivity index (χ2v) is 9.29. The fraction of sp³-hybridized carbons (Fsp3) is 0.300. The van der Waals surface area contributed by atoms with E-state index in [2.05, 4.69) is 11.1 Å². The van der Waals surface area contributed by atoms with Gasteiger partial charge in [0.25, 0.3) is 0 Å². The SMILES string of the molecule is NS(=O)(=O)CCCc1nc(=O)n(-c2ccccc2Cl)c2cc(C3CC3)ccc12. The zero-order valence-corrected chi connectivity index (χ0v) is 16.7. The molecule has 0 radical (unpaired) electrons. The average Bonchev–Trinajstić information content (AvgIpc) is 3.46. The van der Waals surface area contributed by atoms with E-state index in [1.165, 1.54) is 10.1 Å². The zero-order valence-electron chi connectivity index (χ0n) is 15.1. The molecule has 0 spiro atoms. The number of hydrogen-bond donors (Lipinski definition) is 1. The molecule has 0 aliphatic heterocycles. The van der Waals surface area contributed by atoms with E-state index in [9.17, 15) is 13.2 Å². The third-order valence-electron chi connectivity index (χ3n) is 4.98. The monoisotopic (exact) mass is 417 g/mol. The number of sulfonamides is 1.